The molecule has 0 saturated carbocycles. The van der Waals surface area contributed by atoms with Gasteiger partial charge in [0.2, 0.25) is 0 Å². The normalized spacial score (nSPS) is 11.6. The van der Waals surface area contributed by atoms with Gasteiger partial charge in [0.25, 0.3) is 14.9 Å². The molecule has 0 aliphatic carbocycles. The van der Waals surface area contributed by atoms with Crippen molar-refractivity contribution in [1.29, 1.82) is 0 Å². The molecule has 0 bridgehead atoms. The van der Waals surface area contributed by atoms with Gasteiger partial charge in [0, 0.05) is 22.7 Å². The van der Waals surface area contributed by atoms with Gasteiger partial charge < -0.3 is 9.26 Å². The molecule has 0 N–H and O–H groups in total. The van der Waals surface area contributed by atoms with E-state index in [9.17, 15) is 8.42 Å². The van der Waals surface area contributed by atoms with Gasteiger partial charge in [-0.05, 0) is 25.1 Å². The largest absolute Gasteiger partial charge is 0.492 e. The highest BCUT2D eigenvalue weighted by Gasteiger charge is 2.19. The Morgan fingerprint density at radius 2 is 2.10 bits per heavy atom. The number of rotatable bonds is 5. The Balaban J connectivity index is 2.51. The number of benzene rings is 1. The first kappa shape index (κ1) is 14.8. The van der Waals surface area contributed by atoms with Gasteiger partial charge >= 0.3 is 0 Å². The first-order chi connectivity index (χ1) is 9.45. The van der Waals surface area contributed by atoms with Gasteiger partial charge in [0.15, 0.2) is 5.82 Å². The van der Waals surface area contributed by atoms with Crippen LogP contribution in [0.2, 0.25) is 0 Å². The highest BCUT2D eigenvalue weighted by molar-refractivity contribution is 8.13. The average molecular weight is 317 g/mol. The molecule has 8 heteroatoms. The second-order valence-electron chi connectivity index (χ2n) is 3.90. The molecule has 20 heavy (non-hydrogen) atoms. The Hall–Kier alpha value is -1.60. The third-order valence-corrected chi connectivity index (χ3v) is 3.88. The van der Waals surface area contributed by atoms with Crippen molar-refractivity contribution in [2.24, 2.45) is 0 Å². The summed E-state index contributed by atoms with van der Waals surface area (Å²) in [6.07, 6.45) is 0.626. The van der Waals surface area contributed by atoms with Crippen LogP contribution in [0.1, 0.15) is 19.7 Å². The lowest BCUT2D eigenvalue weighted by molar-refractivity contribution is 0.331. The first-order valence-electron chi connectivity index (χ1n) is 6.00. The number of aromatic nitrogens is 2. The van der Waals surface area contributed by atoms with Crippen LogP contribution in [0.15, 0.2) is 27.6 Å². The van der Waals surface area contributed by atoms with E-state index in [1.54, 1.807) is 13.0 Å². The standard InChI is InChI=1S/C12H13ClN2O4S/c1-3-11-14-12(19-15-11)8-5-6-9(18-4-2)10(7-8)20(13,16)17/h5-7H,3-4H2,1-2H3. The molecule has 1 aromatic carbocycles. The minimum Gasteiger partial charge on any atom is -0.492 e. The van der Waals surface area contributed by atoms with Gasteiger partial charge in [-0.2, -0.15) is 4.98 Å². The monoisotopic (exact) mass is 316 g/mol. The first-order valence-corrected chi connectivity index (χ1v) is 8.31. The number of hydrogen-bond acceptors (Lipinski definition) is 6. The molecule has 2 aromatic rings. The maximum Gasteiger partial charge on any atom is 0.265 e. The van der Waals surface area contributed by atoms with Crippen LogP contribution in [-0.2, 0) is 15.5 Å². The Morgan fingerprint density at radius 3 is 2.65 bits per heavy atom. The molecule has 108 valence electrons. The topological polar surface area (TPSA) is 82.3 Å². The number of aryl methyl sites for hydroxylation is 1. The van der Waals surface area contributed by atoms with E-state index in [0.717, 1.165) is 0 Å². The molecule has 6 nitrogen and oxygen atoms in total. The maximum absolute atomic E-state index is 11.6. The SMILES string of the molecule is CCOc1ccc(-c2nc(CC)no2)cc1S(=O)(=O)Cl. The third kappa shape index (κ3) is 3.10. The lowest BCUT2D eigenvalue weighted by atomic mass is 10.2. The molecule has 0 fully saturated rings. The van der Waals surface area contributed by atoms with Gasteiger partial charge in [-0.3, -0.25) is 0 Å². The van der Waals surface area contributed by atoms with Gasteiger partial charge in [-0.1, -0.05) is 12.1 Å². The smallest absolute Gasteiger partial charge is 0.265 e. The molecule has 0 aliphatic heterocycles. The summed E-state index contributed by atoms with van der Waals surface area (Å²) in [6.45, 7) is 3.98. The van der Waals surface area contributed by atoms with E-state index in [-0.39, 0.29) is 16.5 Å². The van der Waals surface area contributed by atoms with Crippen molar-refractivity contribution in [3.05, 3.63) is 24.0 Å². The van der Waals surface area contributed by atoms with Crippen molar-refractivity contribution in [3.8, 4) is 17.2 Å². The van der Waals surface area contributed by atoms with Crippen LogP contribution in [0.5, 0.6) is 5.75 Å². The molecule has 0 radical (unpaired) electrons. The van der Waals surface area contributed by atoms with Crippen LogP contribution in [0, 0.1) is 0 Å². The van der Waals surface area contributed by atoms with Crippen LogP contribution in [0.25, 0.3) is 11.5 Å². The van der Waals surface area contributed by atoms with E-state index in [4.69, 9.17) is 19.9 Å². The molecule has 0 amide bonds. The van der Waals surface area contributed by atoms with Crippen LogP contribution < -0.4 is 4.74 Å². The van der Waals surface area contributed by atoms with E-state index >= 15 is 0 Å². The van der Waals surface area contributed by atoms with Crippen molar-refractivity contribution in [2.45, 2.75) is 25.2 Å². The fourth-order valence-corrected chi connectivity index (χ4v) is 2.62. The molecular formula is C12H13ClN2O4S. The molecule has 1 aromatic heterocycles. The van der Waals surface area contributed by atoms with Crippen molar-refractivity contribution >= 4 is 19.7 Å². The number of nitrogens with zero attached hydrogens (tertiary/aromatic N) is 2. The quantitative estimate of drug-likeness (QED) is 0.789. The van der Waals surface area contributed by atoms with Crippen molar-refractivity contribution in [2.75, 3.05) is 6.61 Å². The number of hydrogen-bond donors (Lipinski definition) is 0. The highest BCUT2D eigenvalue weighted by atomic mass is 35.7. The van der Waals surface area contributed by atoms with Gasteiger partial charge in [0.05, 0.1) is 6.61 Å². The number of halogens is 1. The molecular weight excluding hydrogens is 304 g/mol. The summed E-state index contributed by atoms with van der Waals surface area (Å²) in [5, 5.41) is 3.76. The molecule has 1 heterocycles. The van der Waals surface area contributed by atoms with Gasteiger partial charge in [-0.25, -0.2) is 8.42 Å². The summed E-state index contributed by atoms with van der Waals surface area (Å²) < 4.78 is 33.5. The van der Waals surface area contributed by atoms with E-state index in [2.05, 4.69) is 10.1 Å². The van der Waals surface area contributed by atoms with Crippen LogP contribution in [0.3, 0.4) is 0 Å². The Labute approximate surface area is 121 Å². The van der Waals surface area contributed by atoms with Crippen molar-refractivity contribution in [1.82, 2.24) is 10.1 Å². The van der Waals surface area contributed by atoms with E-state index in [1.165, 1.54) is 12.1 Å². The Morgan fingerprint density at radius 1 is 1.35 bits per heavy atom. The molecule has 0 saturated heterocycles. The zero-order chi connectivity index (χ0) is 14.8. The van der Waals surface area contributed by atoms with Gasteiger partial charge in [-0.15, -0.1) is 0 Å². The fourth-order valence-electron chi connectivity index (χ4n) is 1.62. The van der Waals surface area contributed by atoms with Crippen LogP contribution in [0.4, 0.5) is 0 Å². The van der Waals surface area contributed by atoms with Gasteiger partial charge in [0.1, 0.15) is 10.6 Å². The van der Waals surface area contributed by atoms with Crippen LogP contribution in [-0.4, -0.2) is 25.2 Å². The summed E-state index contributed by atoms with van der Waals surface area (Å²) in [6, 6.07) is 4.52. The predicted molar refractivity (Wildman–Crippen MR) is 73.3 cm³/mol. The summed E-state index contributed by atoms with van der Waals surface area (Å²) in [7, 11) is 1.49. The average Bonchev–Trinajstić information content (AvgIpc) is 2.87. The summed E-state index contributed by atoms with van der Waals surface area (Å²) >= 11 is 0. The second kappa shape index (κ2) is 5.80. The molecule has 0 atom stereocenters. The third-order valence-electron chi connectivity index (χ3n) is 2.54. The summed E-state index contributed by atoms with van der Waals surface area (Å²) in [5.41, 5.74) is 0.472. The zero-order valence-electron chi connectivity index (χ0n) is 11.0. The number of ether oxygens (including phenoxy) is 1. The van der Waals surface area contributed by atoms with E-state index in [0.29, 0.717) is 24.4 Å². The molecule has 0 aliphatic rings. The highest BCUT2D eigenvalue weighted by Crippen LogP contribution is 2.31. The Kier molecular flexibility index (Phi) is 4.29. The lowest BCUT2D eigenvalue weighted by Crippen LogP contribution is -2.00. The molecule has 0 unspecified atom stereocenters. The lowest BCUT2D eigenvalue weighted by Gasteiger charge is -2.08. The van der Waals surface area contributed by atoms with E-state index < -0.39 is 9.05 Å². The fraction of sp³-hybridized carbons (Fsp3) is 0.333. The zero-order valence-corrected chi connectivity index (χ0v) is 12.5. The van der Waals surface area contributed by atoms with E-state index in [1.807, 2.05) is 6.92 Å². The summed E-state index contributed by atoms with van der Waals surface area (Å²) in [4.78, 5) is 4.03. The summed E-state index contributed by atoms with van der Waals surface area (Å²) in [5.74, 6) is 0.983. The molecule has 0 spiro atoms. The van der Waals surface area contributed by atoms with Crippen molar-refractivity contribution < 1.29 is 17.7 Å². The minimum absolute atomic E-state index is 0.116. The predicted octanol–water partition coefficient (Wildman–Crippen LogP) is 2.63. The van der Waals surface area contributed by atoms with Crippen LogP contribution >= 0.6 is 10.7 Å². The Bertz CT molecular complexity index is 712. The molecule has 2 rings (SSSR count). The second-order valence-corrected chi connectivity index (χ2v) is 6.44. The van der Waals surface area contributed by atoms with Crippen molar-refractivity contribution in [3.63, 3.8) is 0 Å². The maximum atomic E-state index is 11.6. The minimum atomic E-state index is -3.93.